The zero-order chi connectivity index (χ0) is 23.5. The molecule has 1 saturated heterocycles. The van der Waals surface area contributed by atoms with Crippen LogP contribution in [0.15, 0.2) is 72.3 Å². The van der Waals surface area contributed by atoms with Crippen molar-refractivity contribution in [2.45, 2.75) is 6.61 Å². The van der Waals surface area contributed by atoms with Crippen LogP contribution in [0.5, 0.6) is 5.75 Å². The SMILES string of the molecule is O=C1NN(c2ccccc2)C(=O)/C1=C\c1cc(Cl)c(OCc2cccc(F)c2)c([N+](=O)[O-])c1. The number of carbonyl (C=O) groups excluding carboxylic acids is 2. The molecule has 1 N–H and O–H groups in total. The molecule has 0 aromatic heterocycles. The maximum Gasteiger partial charge on any atom is 0.313 e. The topological polar surface area (TPSA) is 102 Å². The smallest absolute Gasteiger partial charge is 0.313 e. The van der Waals surface area contributed by atoms with Crippen LogP contribution in [0.25, 0.3) is 6.08 Å². The number of nitrogens with one attached hydrogen (secondary N) is 1. The van der Waals surface area contributed by atoms with E-state index in [1.54, 1.807) is 36.4 Å². The number of hydrazine groups is 1. The molecule has 0 radical (unpaired) electrons. The fourth-order valence-corrected chi connectivity index (χ4v) is 3.50. The van der Waals surface area contributed by atoms with Crippen LogP contribution in [0.3, 0.4) is 0 Å². The summed E-state index contributed by atoms with van der Waals surface area (Å²) in [6.45, 7) is -0.147. The molecule has 3 aromatic carbocycles. The van der Waals surface area contributed by atoms with Crippen LogP contribution < -0.4 is 15.2 Å². The molecule has 0 unspecified atom stereocenters. The average Bonchev–Trinajstić information content (AvgIpc) is 3.07. The van der Waals surface area contributed by atoms with Gasteiger partial charge in [0.2, 0.25) is 5.75 Å². The van der Waals surface area contributed by atoms with Gasteiger partial charge in [-0.15, -0.1) is 0 Å². The Morgan fingerprint density at radius 1 is 1.09 bits per heavy atom. The number of hydrogen-bond donors (Lipinski definition) is 1. The fourth-order valence-electron chi connectivity index (χ4n) is 3.23. The lowest BCUT2D eigenvalue weighted by Crippen LogP contribution is -2.35. The Hall–Kier alpha value is -4.24. The number of ether oxygens (including phenoxy) is 1. The van der Waals surface area contributed by atoms with Gasteiger partial charge in [-0.25, -0.2) is 9.40 Å². The van der Waals surface area contributed by atoms with Gasteiger partial charge in [0.1, 0.15) is 18.0 Å². The molecule has 1 aliphatic rings. The molecule has 166 valence electrons. The summed E-state index contributed by atoms with van der Waals surface area (Å²) in [5, 5.41) is 12.6. The van der Waals surface area contributed by atoms with Crippen molar-refractivity contribution in [2.24, 2.45) is 0 Å². The van der Waals surface area contributed by atoms with Crippen molar-refractivity contribution in [3.8, 4) is 5.75 Å². The molecule has 0 spiro atoms. The molecule has 2 amide bonds. The predicted molar refractivity (Wildman–Crippen MR) is 119 cm³/mol. The lowest BCUT2D eigenvalue weighted by atomic mass is 10.1. The van der Waals surface area contributed by atoms with Crippen LogP contribution in [0.4, 0.5) is 15.8 Å². The lowest BCUT2D eigenvalue weighted by molar-refractivity contribution is -0.385. The second-order valence-electron chi connectivity index (χ2n) is 7.00. The van der Waals surface area contributed by atoms with Gasteiger partial charge in [0.25, 0.3) is 11.8 Å². The maximum absolute atomic E-state index is 13.4. The summed E-state index contributed by atoms with van der Waals surface area (Å²) in [6, 6.07) is 16.6. The van der Waals surface area contributed by atoms with Gasteiger partial charge in [-0.1, -0.05) is 41.9 Å². The van der Waals surface area contributed by atoms with E-state index in [0.717, 1.165) is 11.1 Å². The molecular weight excluding hydrogens is 453 g/mol. The molecule has 1 heterocycles. The summed E-state index contributed by atoms with van der Waals surface area (Å²) in [5.41, 5.74) is 2.87. The van der Waals surface area contributed by atoms with Crippen molar-refractivity contribution < 1.29 is 23.6 Å². The monoisotopic (exact) mass is 467 g/mol. The van der Waals surface area contributed by atoms with Crippen molar-refractivity contribution >= 4 is 40.9 Å². The summed E-state index contributed by atoms with van der Waals surface area (Å²) in [5.74, 6) is -1.95. The highest BCUT2D eigenvalue weighted by molar-refractivity contribution is 6.33. The highest BCUT2D eigenvalue weighted by atomic mass is 35.5. The molecular formula is C23H15ClFN3O5. The second-order valence-corrected chi connectivity index (χ2v) is 7.41. The minimum Gasteiger partial charge on any atom is -0.481 e. The molecule has 4 rings (SSSR count). The Balaban J connectivity index is 1.63. The zero-order valence-electron chi connectivity index (χ0n) is 16.8. The van der Waals surface area contributed by atoms with E-state index in [0.29, 0.717) is 11.3 Å². The van der Waals surface area contributed by atoms with Crippen LogP contribution in [0.2, 0.25) is 5.02 Å². The van der Waals surface area contributed by atoms with Gasteiger partial charge in [0.05, 0.1) is 15.6 Å². The number of benzene rings is 3. The first kappa shape index (κ1) is 22.0. The summed E-state index contributed by atoms with van der Waals surface area (Å²) < 4.78 is 18.9. The summed E-state index contributed by atoms with van der Waals surface area (Å²) >= 11 is 6.23. The van der Waals surface area contributed by atoms with E-state index in [1.165, 1.54) is 30.3 Å². The molecule has 0 saturated carbocycles. The number of nitro groups is 1. The van der Waals surface area contributed by atoms with Crippen molar-refractivity contribution in [3.05, 3.63) is 104 Å². The molecule has 3 aromatic rings. The molecule has 10 heteroatoms. The van der Waals surface area contributed by atoms with E-state index in [9.17, 15) is 24.1 Å². The van der Waals surface area contributed by atoms with E-state index in [2.05, 4.69) is 5.43 Å². The molecule has 0 bridgehead atoms. The predicted octanol–water partition coefficient (Wildman–Crippen LogP) is 4.43. The lowest BCUT2D eigenvalue weighted by Gasteiger charge is -2.13. The number of rotatable bonds is 6. The minimum atomic E-state index is -0.693. The zero-order valence-corrected chi connectivity index (χ0v) is 17.6. The van der Waals surface area contributed by atoms with Gasteiger partial charge in [0.15, 0.2) is 0 Å². The summed E-state index contributed by atoms with van der Waals surface area (Å²) in [7, 11) is 0. The summed E-state index contributed by atoms with van der Waals surface area (Å²) in [6.07, 6.45) is 1.22. The number of hydrogen-bond acceptors (Lipinski definition) is 5. The van der Waals surface area contributed by atoms with Crippen molar-refractivity contribution in [1.82, 2.24) is 5.43 Å². The second kappa shape index (κ2) is 9.09. The van der Waals surface area contributed by atoms with Crippen LogP contribution in [0.1, 0.15) is 11.1 Å². The Morgan fingerprint density at radius 3 is 2.55 bits per heavy atom. The Labute approximate surface area is 192 Å². The first-order chi connectivity index (χ1) is 15.8. The number of para-hydroxylation sites is 1. The number of carbonyl (C=O) groups is 2. The van der Waals surface area contributed by atoms with Crippen LogP contribution in [-0.2, 0) is 16.2 Å². The van der Waals surface area contributed by atoms with E-state index < -0.39 is 28.2 Å². The number of nitrogens with zero attached hydrogens (tertiary/aromatic N) is 2. The normalized spacial score (nSPS) is 14.5. The van der Waals surface area contributed by atoms with Crippen LogP contribution in [0, 0.1) is 15.9 Å². The van der Waals surface area contributed by atoms with Gasteiger partial charge < -0.3 is 4.74 Å². The van der Waals surface area contributed by atoms with Gasteiger partial charge in [-0.2, -0.15) is 0 Å². The maximum atomic E-state index is 13.4. The molecule has 1 fully saturated rings. The molecule has 8 nitrogen and oxygen atoms in total. The third-order valence-electron chi connectivity index (χ3n) is 4.73. The fraction of sp³-hybridized carbons (Fsp3) is 0.0435. The van der Waals surface area contributed by atoms with Crippen LogP contribution >= 0.6 is 11.6 Å². The van der Waals surface area contributed by atoms with E-state index in [-0.39, 0.29) is 28.5 Å². The van der Waals surface area contributed by atoms with E-state index >= 15 is 0 Å². The average molecular weight is 468 g/mol. The van der Waals surface area contributed by atoms with Crippen molar-refractivity contribution in [3.63, 3.8) is 0 Å². The Bertz CT molecular complexity index is 1300. The number of anilines is 1. The number of halogens is 2. The van der Waals surface area contributed by atoms with Crippen molar-refractivity contribution in [2.75, 3.05) is 5.01 Å². The van der Waals surface area contributed by atoms with E-state index in [4.69, 9.17) is 16.3 Å². The molecule has 0 aliphatic carbocycles. The van der Waals surface area contributed by atoms with Gasteiger partial charge in [0, 0.05) is 6.07 Å². The molecule has 0 atom stereocenters. The molecule has 1 aliphatic heterocycles. The van der Waals surface area contributed by atoms with Crippen molar-refractivity contribution in [1.29, 1.82) is 0 Å². The van der Waals surface area contributed by atoms with Crippen LogP contribution in [-0.4, -0.2) is 16.7 Å². The van der Waals surface area contributed by atoms with Gasteiger partial charge in [-0.05, 0) is 47.5 Å². The van der Waals surface area contributed by atoms with Gasteiger partial charge in [-0.3, -0.25) is 25.1 Å². The highest BCUT2D eigenvalue weighted by Gasteiger charge is 2.34. The minimum absolute atomic E-state index is 0.0989. The largest absolute Gasteiger partial charge is 0.481 e. The molecule has 33 heavy (non-hydrogen) atoms. The third kappa shape index (κ3) is 4.68. The first-order valence-corrected chi connectivity index (χ1v) is 9.98. The Morgan fingerprint density at radius 2 is 1.85 bits per heavy atom. The number of amides is 2. The quantitative estimate of drug-likeness (QED) is 0.250. The third-order valence-corrected chi connectivity index (χ3v) is 5.01. The standard InChI is InChI=1S/C23H15ClFN3O5/c24-19-11-15(10-18-22(29)26-27(23(18)30)17-7-2-1-3-8-17)12-20(28(31)32)21(19)33-13-14-5-4-6-16(25)9-14/h1-12H,13H2,(H,26,29)/b18-10-. The summed E-state index contributed by atoms with van der Waals surface area (Å²) in [4.78, 5) is 36.0. The Kier molecular flexibility index (Phi) is 6.05. The van der Waals surface area contributed by atoms with E-state index in [1.807, 2.05) is 0 Å². The van der Waals surface area contributed by atoms with Gasteiger partial charge >= 0.3 is 5.69 Å². The number of nitro benzene ring substituents is 1. The highest BCUT2D eigenvalue weighted by Crippen LogP contribution is 2.37. The first-order valence-electron chi connectivity index (χ1n) is 9.61.